The predicted octanol–water partition coefficient (Wildman–Crippen LogP) is 2.35. The highest BCUT2D eigenvalue weighted by Crippen LogP contribution is 2.28. The van der Waals surface area contributed by atoms with Crippen molar-refractivity contribution in [2.75, 3.05) is 19.8 Å². The fourth-order valence-corrected chi connectivity index (χ4v) is 3.41. The molecule has 1 atom stereocenters. The molecule has 1 aliphatic heterocycles. The van der Waals surface area contributed by atoms with Crippen LogP contribution < -0.4 is 10.1 Å². The molecule has 7 nitrogen and oxygen atoms in total. The second kappa shape index (κ2) is 8.87. The van der Waals surface area contributed by atoms with E-state index in [1.54, 1.807) is 24.3 Å². The third kappa shape index (κ3) is 5.20. The Balaban J connectivity index is 1.43. The summed E-state index contributed by atoms with van der Waals surface area (Å²) in [7, 11) is 0. The van der Waals surface area contributed by atoms with Gasteiger partial charge in [0.1, 0.15) is 17.9 Å². The van der Waals surface area contributed by atoms with Crippen LogP contribution in [0.3, 0.4) is 0 Å². The average Bonchev–Trinajstić information content (AvgIpc) is 3.37. The molecule has 0 radical (unpaired) electrons. The number of carbonyl (C=O) groups is 2. The van der Waals surface area contributed by atoms with Crippen molar-refractivity contribution >= 4 is 11.9 Å². The number of esters is 1. The number of ether oxygens (including phenoxy) is 3. The van der Waals surface area contributed by atoms with Gasteiger partial charge in [-0.1, -0.05) is 0 Å². The molecule has 1 N–H and O–H groups in total. The lowest BCUT2D eigenvalue weighted by Gasteiger charge is -2.21. The van der Waals surface area contributed by atoms with Crippen LogP contribution in [0.15, 0.2) is 24.3 Å². The maximum atomic E-state index is 12.1. The topological polar surface area (TPSA) is 97.7 Å². The molecule has 0 spiro atoms. The number of benzene rings is 1. The molecule has 0 bridgehead atoms. The van der Waals surface area contributed by atoms with Crippen molar-refractivity contribution in [3.8, 4) is 11.8 Å². The minimum absolute atomic E-state index is 0.129. The van der Waals surface area contributed by atoms with Gasteiger partial charge in [0.2, 0.25) is 0 Å². The van der Waals surface area contributed by atoms with Crippen molar-refractivity contribution in [3.63, 3.8) is 0 Å². The molecule has 1 aromatic carbocycles. The lowest BCUT2D eigenvalue weighted by atomic mass is 10.00. The highest BCUT2D eigenvalue weighted by atomic mass is 16.5. The van der Waals surface area contributed by atoms with Crippen molar-refractivity contribution in [1.82, 2.24) is 5.32 Å². The van der Waals surface area contributed by atoms with Crippen molar-refractivity contribution < 1.29 is 23.8 Å². The van der Waals surface area contributed by atoms with Crippen LogP contribution in [0.25, 0.3) is 0 Å². The summed E-state index contributed by atoms with van der Waals surface area (Å²) in [6.07, 6.45) is 5.28. The summed E-state index contributed by atoms with van der Waals surface area (Å²) in [5.41, 5.74) is -0.478. The molecular formula is C20H24N2O5. The molecule has 0 aromatic heterocycles. The molecular weight excluding hydrogens is 348 g/mol. The van der Waals surface area contributed by atoms with Crippen LogP contribution in [0.1, 0.15) is 48.9 Å². The van der Waals surface area contributed by atoms with Crippen LogP contribution in [-0.2, 0) is 14.3 Å². The number of nitriles is 1. The fraction of sp³-hybridized carbons (Fsp3) is 0.550. The van der Waals surface area contributed by atoms with E-state index in [2.05, 4.69) is 11.4 Å². The minimum atomic E-state index is -0.814. The zero-order valence-electron chi connectivity index (χ0n) is 15.2. The summed E-state index contributed by atoms with van der Waals surface area (Å²) >= 11 is 0. The van der Waals surface area contributed by atoms with E-state index in [4.69, 9.17) is 14.2 Å². The standard InChI is InChI=1S/C20H24N2O5/c21-14-20(9-1-2-10-20)22-18(23)13-27-19(24)15-5-7-16(8-6-15)26-12-17-4-3-11-25-17/h5-8,17H,1-4,9-13H2,(H,22,23)/t17-/m0/s1. The van der Waals surface area contributed by atoms with Gasteiger partial charge < -0.3 is 19.5 Å². The normalized spacial score (nSPS) is 20.6. The van der Waals surface area contributed by atoms with Crippen molar-refractivity contribution in [1.29, 1.82) is 5.26 Å². The monoisotopic (exact) mass is 372 g/mol. The van der Waals surface area contributed by atoms with Gasteiger partial charge >= 0.3 is 5.97 Å². The van der Waals surface area contributed by atoms with Crippen molar-refractivity contribution in [2.45, 2.75) is 50.2 Å². The van der Waals surface area contributed by atoms with Crippen LogP contribution in [0, 0.1) is 11.3 Å². The molecule has 1 aromatic rings. The first kappa shape index (κ1) is 19.2. The molecule has 1 amide bonds. The first-order valence-electron chi connectivity index (χ1n) is 9.34. The van der Waals surface area contributed by atoms with Crippen molar-refractivity contribution in [2.24, 2.45) is 0 Å². The van der Waals surface area contributed by atoms with E-state index in [0.717, 1.165) is 32.3 Å². The van der Waals surface area contributed by atoms with E-state index in [1.807, 2.05) is 0 Å². The van der Waals surface area contributed by atoms with E-state index in [1.165, 1.54) is 0 Å². The summed E-state index contributed by atoms with van der Waals surface area (Å²) in [4.78, 5) is 24.1. The van der Waals surface area contributed by atoms with Gasteiger partial charge in [0, 0.05) is 6.61 Å². The number of rotatable bonds is 7. The van der Waals surface area contributed by atoms with E-state index in [-0.39, 0.29) is 6.10 Å². The second-order valence-electron chi connectivity index (χ2n) is 7.00. The molecule has 0 unspecified atom stereocenters. The maximum Gasteiger partial charge on any atom is 0.338 e. The van der Waals surface area contributed by atoms with E-state index >= 15 is 0 Å². The fourth-order valence-electron chi connectivity index (χ4n) is 3.41. The minimum Gasteiger partial charge on any atom is -0.491 e. The van der Waals surface area contributed by atoms with E-state index in [9.17, 15) is 14.9 Å². The Morgan fingerprint density at radius 1 is 1.22 bits per heavy atom. The molecule has 3 rings (SSSR count). The van der Waals surface area contributed by atoms with Crippen LogP contribution in [0.2, 0.25) is 0 Å². The van der Waals surface area contributed by atoms with Crippen LogP contribution in [0.4, 0.5) is 0 Å². The molecule has 1 saturated carbocycles. The van der Waals surface area contributed by atoms with E-state index < -0.39 is 24.0 Å². The van der Waals surface area contributed by atoms with Gasteiger partial charge in [0.05, 0.1) is 17.7 Å². The molecule has 7 heteroatoms. The van der Waals surface area contributed by atoms with Gasteiger partial charge in [-0.3, -0.25) is 4.79 Å². The Kier molecular flexibility index (Phi) is 6.30. The number of carbonyl (C=O) groups excluding carboxylic acids is 2. The third-order valence-corrected chi connectivity index (χ3v) is 4.93. The highest BCUT2D eigenvalue weighted by molar-refractivity contribution is 5.91. The summed E-state index contributed by atoms with van der Waals surface area (Å²) in [5.74, 6) is -0.395. The molecule has 27 heavy (non-hydrogen) atoms. The quantitative estimate of drug-likeness (QED) is 0.738. The lowest BCUT2D eigenvalue weighted by molar-refractivity contribution is -0.125. The molecule has 1 aliphatic carbocycles. The number of amides is 1. The summed E-state index contributed by atoms with van der Waals surface area (Å²) in [6.45, 7) is 0.867. The Bertz CT molecular complexity index is 698. The zero-order valence-corrected chi connectivity index (χ0v) is 15.2. The first-order chi connectivity index (χ1) is 13.1. The Hall–Kier alpha value is -2.59. The molecule has 1 saturated heterocycles. The Morgan fingerprint density at radius 3 is 2.59 bits per heavy atom. The summed E-state index contributed by atoms with van der Waals surface area (Å²) in [6, 6.07) is 8.74. The predicted molar refractivity (Wildman–Crippen MR) is 96.1 cm³/mol. The summed E-state index contributed by atoms with van der Waals surface area (Å²) < 4.78 is 16.2. The van der Waals surface area contributed by atoms with Crippen LogP contribution in [0.5, 0.6) is 5.75 Å². The average molecular weight is 372 g/mol. The Morgan fingerprint density at radius 2 is 1.96 bits per heavy atom. The molecule has 144 valence electrons. The van der Waals surface area contributed by atoms with Gasteiger partial charge in [-0.15, -0.1) is 0 Å². The number of hydrogen-bond acceptors (Lipinski definition) is 6. The van der Waals surface area contributed by atoms with Gasteiger partial charge in [0.25, 0.3) is 5.91 Å². The highest BCUT2D eigenvalue weighted by Gasteiger charge is 2.35. The van der Waals surface area contributed by atoms with Gasteiger partial charge in [-0.2, -0.15) is 5.26 Å². The summed E-state index contributed by atoms with van der Waals surface area (Å²) in [5, 5.41) is 12.0. The van der Waals surface area contributed by atoms with Crippen LogP contribution >= 0.6 is 0 Å². The SMILES string of the molecule is N#CC1(NC(=O)COC(=O)c2ccc(OC[C@@H]3CCCO3)cc2)CCCC1. The number of nitrogens with one attached hydrogen (secondary N) is 1. The van der Waals surface area contributed by atoms with Gasteiger partial charge in [-0.05, 0) is 62.8 Å². The number of nitrogens with zero attached hydrogens (tertiary/aromatic N) is 1. The van der Waals surface area contributed by atoms with Gasteiger partial charge in [0.15, 0.2) is 6.61 Å². The van der Waals surface area contributed by atoms with Gasteiger partial charge in [-0.25, -0.2) is 4.79 Å². The molecule has 2 aliphatic rings. The van der Waals surface area contributed by atoms with Crippen LogP contribution in [-0.4, -0.2) is 43.3 Å². The largest absolute Gasteiger partial charge is 0.491 e. The molecule has 2 fully saturated rings. The first-order valence-corrected chi connectivity index (χ1v) is 9.34. The van der Waals surface area contributed by atoms with Crippen molar-refractivity contribution in [3.05, 3.63) is 29.8 Å². The number of hydrogen-bond donors (Lipinski definition) is 1. The third-order valence-electron chi connectivity index (χ3n) is 4.93. The second-order valence-corrected chi connectivity index (χ2v) is 7.00. The molecule has 1 heterocycles. The lowest BCUT2D eigenvalue weighted by Crippen LogP contribution is -2.46. The Labute approximate surface area is 158 Å². The van der Waals surface area contributed by atoms with E-state index in [0.29, 0.717) is 30.8 Å². The maximum absolute atomic E-state index is 12.1. The zero-order chi connectivity index (χ0) is 19.1. The smallest absolute Gasteiger partial charge is 0.338 e.